The summed E-state index contributed by atoms with van der Waals surface area (Å²) in [7, 11) is 0. The lowest BCUT2D eigenvalue weighted by Crippen LogP contribution is -2.05. The summed E-state index contributed by atoms with van der Waals surface area (Å²) in [4.78, 5) is 14.8. The number of rotatable bonds is 2. The van der Waals surface area contributed by atoms with E-state index in [0.29, 0.717) is 18.1 Å². The van der Waals surface area contributed by atoms with Crippen molar-refractivity contribution < 1.29 is 18.0 Å². The van der Waals surface area contributed by atoms with Gasteiger partial charge in [-0.3, -0.25) is 4.79 Å². The maximum atomic E-state index is 12.5. The fourth-order valence-electron chi connectivity index (χ4n) is 1.79. The molecule has 0 aliphatic carbocycles. The van der Waals surface area contributed by atoms with Crippen LogP contribution in [0, 0.1) is 0 Å². The summed E-state index contributed by atoms with van der Waals surface area (Å²) < 4.78 is 37.6. The summed E-state index contributed by atoms with van der Waals surface area (Å²) in [6, 6.07) is 5.05. The number of aldehydes is 1. The van der Waals surface area contributed by atoms with Crippen LogP contribution in [0.4, 0.5) is 13.2 Å². The molecule has 1 aromatic heterocycles. The Morgan fingerprint density at radius 2 is 2.00 bits per heavy atom. The molecule has 0 N–H and O–H groups in total. The molecule has 0 fully saturated rings. The number of aromatic nitrogens is 1. The molecule has 2 nitrogen and oxygen atoms in total. The fourth-order valence-corrected chi connectivity index (χ4v) is 1.79. The van der Waals surface area contributed by atoms with Crippen LogP contribution in [0.2, 0.25) is 0 Å². The predicted molar refractivity (Wildman–Crippen MR) is 61.5 cm³/mol. The average molecular weight is 253 g/mol. The highest BCUT2D eigenvalue weighted by atomic mass is 19.4. The molecule has 0 radical (unpaired) electrons. The first kappa shape index (κ1) is 12.5. The average Bonchev–Trinajstić information content (AvgIpc) is 2.35. The number of hydrogen-bond donors (Lipinski definition) is 0. The summed E-state index contributed by atoms with van der Waals surface area (Å²) in [5.41, 5.74) is 0.356. The Labute approximate surface area is 101 Å². The van der Waals surface area contributed by atoms with Crippen LogP contribution in [0.1, 0.15) is 28.5 Å². The quantitative estimate of drug-likeness (QED) is 0.765. The van der Waals surface area contributed by atoms with E-state index in [1.807, 2.05) is 6.92 Å². The zero-order valence-corrected chi connectivity index (χ0v) is 9.58. The van der Waals surface area contributed by atoms with Gasteiger partial charge in [0, 0.05) is 5.39 Å². The number of carbonyl (C=O) groups excluding carboxylic acids is 1. The number of benzene rings is 1. The number of fused-ring (bicyclic) bond motifs is 1. The molecule has 5 heteroatoms. The highest BCUT2D eigenvalue weighted by Gasteiger charge is 2.30. The van der Waals surface area contributed by atoms with Crippen LogP contribution in [0.5, 0.6) is 0 Å². The van der Waals surface area contributed by atoms with Crippen LogP contribution in [0.3, 0.4) is 0 Å². The van der Waals surface area contributed by atoms with E-state index in [1.165, 1.54) is 6.07 Å². The summed E-state index contributed by atoms with van der Waals surface area (Å²) in [6.07, 6.45) is -3.22. The summed E-state index contributed by atoms with van der Waals surface area (Å²) in [6.45, 7) is 1.86. The Kier molecular flexibility index (Phi) is 3.07. The van der Waals surface area contributed by atoms with Gasteiger partial charge in [0.05, 0.1) is 11.1 Å². The molecule has 0 saturated carbocycles. The smallest absolute Gasteiger partial charge is 0.296 e. The summed E-state index contributed by atoms with van der Waals surface area (Å²) in [5, 5.41) is 0.602. The first-order valence-electron chi connectivity index (χ1n) is 5.41. The lowest BCUT2D eigenvalue weighted by molar-refractivity contribution is -0.137. The lowest BCUT2D eigenvalue weighted by atomic mass is 10.1. The van der Waals surface area contributed by atoms with E-state index in [4.69, 9.17) is 0 Å². The zero-order chi connectivity index (χ0) is 13.3. The van der Waals surface area contributed by atoms with Crippen LogP contribution < -0.4 is 0 Å². The van der Waals surface area contributed by atoms with Crippen molar-refractivity contribution in [3.05, 3.63) is 41.1 Å². The van der Waals surface area contributed by atoms with Crippen LogP contribution in [0.25, 0.3) is 10.9 Å². The Hall–Kier alpha value is -1.91. The van der Waals surface area contributed by atoms with E-state index in [-0.39, 0.29) is 11.2 Å². The predicted octanol–water partition coefficient (Wildman–Crippen LogP) is 3.63. The normalized spacial score (nSPS) is 11.8. The lowest BCUT2D eigenvalue weighted by Gasteiger charge is -2.09. The van der Waals surface area contributed by atoms with Gasteiger partial charge in [-0.05, 0) is 30.2 Å². The molecule has 18 heavy (non-hydrogen) atoms. The number of nitrogens with zero attached hydrogens (tertiary/aromatic N) is 1. The van der Waals surface area contributed by atoms with Crippen molar-refractivity contribution in [2.75, 3.05) is 0 Å². The molecule has 2 aromatic rings. The van der Waals surface area contributed by atoms with Crippen molar-refractivity contribution in [1.82, 2.24) is 4.98 Å². The first-order chi connectivity index (χ1) is 8.45. The largest absolute Gasteiger partial charge is 0.416 e. The molecular weight excluding hydrogens is 243 g/mol. The van der Waals surface area contributed by atoms with Gasteiger partial charge in [-0.15, -0.1) is 0 Å². The molecule has 0 amide bonds. The minimum absolute atomic E-state index is 0.184. The van der Waals surface area contributed by atoms with Crippen molar-refractivity contribution in [3.63, 3.8) is 0 Å². The standard InChI is InChI=1S/C13H10F3NO/c1-2-8-5-9-3-4-10(13(14,15)16)6-11(9)17-12(8)7-18/h3-7H,2H2,1H3. The minimum atomic E-state index is -4.40. The number of alkyl halides is 3. The topological polar surface area (TPSA) is 30.0 Å². The molecule has 94 valence electrons. The van der Waals surface area contributed by atoms with Gasteiger partial charge in [-0.25, -0.2) is 4.98 Å². The molecule has 0 atom stereocenters. The monoisotopic (exact) mass is 253 g/mol. The second kappa shape index (κ2) is 4.40. The van der Waals surface area contributed by atoms with E-state index in [9.17, 15) is 18.0 Å². The number of aryl methyl sites for hydroxylation is 1. The number of carbonyl (C=O) groups is 1. The van der Waals surface area contributed by atoms with Gasteiger partial charge in [-0.1, -0.05) is 13.0 Å². The summed E-state index contributed by atoms with van der Waals surface area (Å²) in [5.74, 6) is 0. The van der Waals surface area contributed by atoms with E-state index >= 15 is 0 Å². The van der Waals surface area contributed by atoms with Crippen molar-refractivity contribution in [2.24, 2.45) is 0 Å². The zero-order valence-electron chi connectivity index (χ0n) is 9.58. The second-order valence-corrected chi connectivity index (χ2v) is 3.91. The van der Waals surface area contributed by atoms with E-state index in [0.717, 1.165) is 17.7 Å². The molecule has 1 aromatic carbocycles. The maximum Gasteiger partial charge on any atom is 0.416 e. The highest BCUT2D eigenvalue weighted by molar-refractivity contribution is 5.85. The number of halogens is 3. The van der Waals surface area contributed by atoms with Crippen LogP contribution >= 0.6 is 0 Å². The summed E-state index contributed by atoms with van der Waals surface area (Å²) >= 11 is 0. The van der Waals surface area contributed by atoms with E-state index < -0.39 is 11.7 Å². The van der Waals surface area contributed by atoms with Crippen molar-refractivity contribution in [1.29, 1.82) is 0 Å². The Balaban J connectivity index is 2.67. The van der Waals surface area contributed by atoms with Gasteiger partial charge >= 0.3 is 6.18 Å². The SMILES string of the molecule is CCc1cc2ccc(C(F)(F)F)cc2nc1C=O. The fraction of sp³-hybridized carbons (Fsp3) is 0.231. The molecule has 1 heterocycles. The van der Waals surface area contributed by atoms with Crippen molar-refractivity contribution >= 4 is 17.2 Å². The van der Waals surface area contributed by atoms with Crippen molar-refractivity contribution in [2.45, 2.75) is 19.5 Å². The van der Waals surface area contributed by atoms with Crippen LogP contribution in [0.15, 0.2) is 24.3 Å². The van der Waals surface area contributed by atoms with Gasteiger partial charge in [-0.2, -0.15) is 13.2 Å². The van der Waals surface area contributed by atoms with Crippen LogP contribution in [-0.4, -0.2) is 11.3 Å². The number of pyridine rings is 1. The van der Waals surface area contributed by atoms with Gasteiger partial charge in [0.1, 0.15) is 5.69 Å². The van der Waals surface area contributed by atoms with Gasteiger partial charge in [0.2, 0.25) is 0 Å². The van der Waals surface area contributed by atoms with E-state index in [1.54, 1.807) is 6.07 Å². The minimum Gasteiger partial charge on any atom is -0.296 e. The van der Waals surface area contributed by atoms with Crippen LogP contribution in [-0.2, 0) is 12.6 Å². The Morgan fingerprint density at radius 1 is 1.28 bits per heavy atom. The molecule has 0 saturated heterocycles. The second-order valence-electron chi connectivity index (χ2n) is 3.91. The molecule has 2 rings (SSSR count). The molecule has 0 spiro atoms. The van der Waals surface area contributed by atoms with Crippen molar-refractivity contribution in [3.8, 4) is 0 Å². The third-order valence-corrected chi connectivity index (χ3v) is 2.75. The first-order valence-corrected chi connectivity index (χ1v) is 5.41. The third-order valence-electron chi connectivity index (χ3n) is 2.75. The Morgan fingerprint density at radius 3 is 2.56 bits per heavy atom. The van der Waals surface area contributed by atoms with Gasteiger partial charge in [0.25, 0.3) is 0 Å². The maximum absolute atomic E-state index is 12.5. The molecular formula is C13H10F3NO. The molecule has 0 unspecified atom stereocenters. The third kappa shape index (κ3) is 2.20. The van der Waals surface area contributed by atoms with Gasteiger partial charge in [0.15, 0.2) is 6.29 Å². The Bertz CT molecular complexity index is 605. The molecule has 0 aliphatic heterocycles. The highest BCUT2D eigenvalue weighted by Crippen LogP contribution is 2.31. The van der Waals surface area contributed by atoms with Gasteiger partial charge < -0.3 is 0 Å². The van der Waals surface area contributed by atoms with E-state index in [2.05, 4.69) is 4.98 Å². The molecule has 0 bridgehead atoms. The number of hydrogen-bond acceptors (Lipinski definition) is 2. The molecule has 0 aliphatic rings.